The highest BCUT2D eigenvalue weighted by Crippen LogP contribution is 2.49. The summed E-state index contributed by atoms with van der Waals surface area (Å²) in [6.45, 7) is 2.16. The highest BCUT2D eigenvalue weighted by Gasteiger charge is 2.29. The lowest BCUT2D eigenvalue weighted by Gasteiger charge is -2.16. The van der Waals surface area contributed by atoms with Gasteiger partial charge in [-0.25, -0.2) is 0 Å². The van der Waals surface area contributed by atoms with Crippen molar-refractivity contribution in [2.45, 2.75) is 19.8 Å². The van der Waals surface area contributed by atoms with E-state index >= 15 is 0 Å². The molecule has 4 nitrogen and oxygen atoms in total. The first-order chi connectivity index (χ1) is 10.6. The minimum Gasteiger partial charge on any atom is -0.444 e. The van der Waals surface area contributed by atoms with Crippen LogP contribution < -0.4 is 4.74 Å². The van der Waals surface area contributed by atoms with Gasteiger partial charge in [-0.2, -0.15) is 5.10 Å². The molecule has 0 fully saturated rings. The number of aromatic nitrogens is 3. The summed E-state index contributed by atoms with van der Waals surface area (Å²) in [6.07, 6.45) is 5.54. The molecule has 0 bridgehead atoms. The average Bonchev–Trinajstić information content (AvgIpc) is 2.98. The molecule has 4 rings (SSSR count). The van der Waals surface area contributed by atoms with E-state index in [0.29, 0.717) is 0 Å². The molecule has 0 atom stereocenters. The summed E-state index contributed by atoms with van der Waals surface area (Å²) in [5.74, 6) is 0.764. The fourth-order valence-electron chi connectivity index (χ4n) is 3.00. The molecular formula is C16H14BrN3OS. The van der Waals surface area contributed by atoms with Gasteiger partial charge < -0.3 is 4.74 Å². The van der Waals surface area contributed by atoms with E-state index in [1.54, 1.807) is 23.7 Å². The van der Waals surface area contributed by atoms with Gasteiger partial charge in [-0.05, 0) is 53.4 Å². The molecule has 112 valence electrons. The van der Waals surface area contributed by atoms with Crippen molar-refractivity contribution in [1.82, 2.24) is 14.8 Å². The topological polar surface area (TPSA) is 39.9 Å². The monoisotopic (exact) mass is 375 g/mol. The van der Waals surface area contributed by atoms with Crippen molar-refractivity contribution in [1.29, 1.82) is 0 Å². The molecule has 0 amide bonds. The van der Waals surface area contributed by atoms with Crippen LogP contribution in [0.15, 0.2) is 29.1 Å². The number of ether oxygens (including phenoxy) is 1. The van der Waals surface area contributed by atoms with Crippen LogP contribution in [0.25, 0.3) is 11.3 Å². The standard InChI is InChI=1S/C16H14BrN3OS/c1-9-11-5-6-12-14(20(2)19-15(12)17)13(11)16(22-9)21-10-4-3-7-18-8-10/h3-4,7-8H,5-6H2,1-2H3. The summed E-state index contributed by atoms with van der Waals surface area (Å²) < 4.78 is 9.00. The van der Waals surface area contributed by atoms with Gasteiger partial charge in [0.15, 0.2) is 5.06 Å². The van der Waals surface area contributed by atoms with Crippen molar-refractivity contribution < 1.29 is 4.74 Å². The van der Waals surface area contributed by atoms with Crippen LogP contribution in [0.3, 0.4) is 0 Å². The molecule has 6 heteroatoms. The van der Waals surface area contributed by atoms with Crippen molar-refractivity contribution in [2.24, 2.45) is 7.05 Å². The third-order valence-electron chi connectivity index (χ3n) is 3.98. The quantitative estimate of drug-likeness (QED) is 0.661. The molecule has 0 saturated heterocycles. The Balaban J connectivity index is 1.88. The largest absolute Gasteiger partial charge is 0.444 e. The second-order valence-electron chi connectivity index (χ2n) is 5.33. The zero-order valence-corrected chi connectivity index (χ0v) is 14.7. The number of halogens is 1. The molecule has 3 aromatic heterocycles. The minimum absolute atomic E-state index is 0.764. The molecule has 0 aromatic carbocycles. The van der Waals surface area contributed by atoms with E-state index in [1.807, 2.05) is 23.9 Å². The van der Waals surface area contributed by atoms with E-state index in [0.717, 1.165) is 34.0 Å². The molecule has 0 aliphatic heterocycles. The molecule has 0 radical (unpaired) electrons. The van der Waals surface area contributed by atoms with Gasteiger partial charge in [-0.1, -0.05) is 0 Å². The van der Waals surface area contributed by atoms with Crippen LogP contribution in [-0.2, 0) is 19.9 Å². The maximum Gasteiger partial charge on any atom is 0.190 e. The van der Waals surface area contributed by atoms with Crippen LogP contribution in [0.4, 0.5) is 0 Å². The Hall–Kier alpha value is -1.66. The fourth-order valence-corrected chi connectivity index (χ4v) is 4.69. The molecule has 1 aliphatic rings. The Morgan fingerprint density at radius 2 is 2.14 bits per heavy atom. The highest BCUT2D eigenvalue weighted by molar-refractivity contribution is 9.10. The summed E-state index contributed by atoms with van der Waals surface area (Å²) in [7, 11) is 1.99. The Morgan fingerprint density at radius 1 is 1.32 bits per heavy atom. The molecule has 1 aliphatic carbocycles. The fraction of sp³-hybridized carbons (Fsp3) is 0.250. The van der Waals surface area contributed by atoms with Gasteiger partial charge in [0.05, 0.1) is 17.5 Å². The van der Waals surface area contributed by atoms with E-state index in [-0.39, 0.29) is 0 Å². The minimum atomic E-state index is 0.764. The van der Waals surface area contributed by atoms with E-state index in [1.165, 1.54) is 21.6 Å². The van der Waals surface area contributed by atoms with Gasteiger partial charge in [0, 0.05) is 23.7 Å². The lowest BCUT2D eigenvalue weighted by Crippen LogP contribution is -2.05. The Morgan fingerprint density at radius 3 is 2.91 bits per heavy atom. The van der Waals surface area contributed by atoms with E-state index in [4.69, 9.17) is 4.74 Å². The third-order valence-corrected chi connectivity index (χ3v) is 5.64. The number of aryl methyl sites for hydroxylation is 2. The molecule has 22 heavy (non-hydrogen) atoms. The molecule has 0 saturated carbocycles. The van der Waals surface area contributed by atoms with Gasteiger partial charge >= 0.3 is 0 Å². The first-order valence-corrected chi connectivity index (χ1v) is 8.68. The maximum atomic E-state index is 6.12. The Labute approximate surface area is 140 Å². The maximum absolute atomic E-state index is 6.12. The number of rotatable bonds is 2. The molecule has 0 N–H and O–H groups in total. The van der Waals surface area contributed by atoms with E-state index in [2.05, 4.69) is 32.9 Å². The lowest BCUT2D eigenvalue weighted by molar-refractivity contribution is 0.494. The normalized spacial score (nSPS) is 12.9. The van der Waals surface area contributed by atoms with Crippen molar-refractivity contribution in [3.05, 3.63) is 45.1 Å². The smallest absolute Gasteiger partial charge is 0.190 e. The van der Waals surface area contributed by atoms with Crippen LogP contribution in [-0.4, -0.2) is 14.8 Å². The summed E-state index contributed by atoms with van der Waals surface area (Å²) in [5, 5.41) is 5.45. The summed E-state index contributed by atoms with van der Waals surface area (Å²) in [5.41, 5.74) is 5.00. The van der Waals surface area contributed by atoms with Crippen molar-refractivity contribution >= 4 is 27.3 Å². The number of thiophene rings is 1. The molecule has 0 spiro atoms. The molecular weight excluding hydrogens is 362 g/mol. The Kier molecular flexibility index (Phi) is 3.31. The second-order valence-corrected chi connectivity index (χ2v) is 7.27. The summed E-state index contributed by atoms with van der Waals surface area (Å²) in [4.78, 5) is 5.44. The Bertz CT molecular complexity index is 854. The number of hydrogen-bond acceptors (Lipinski definition) is 4. The lowest BCUT2D eigenvalue weighted by atomic mass is 9.92. The second kappa shape index (κ2) is 5.21. The van der Waals surface area contributed by atoms with E-state index in [9.17, 15) is 0 Å². The van der Waals surface area contributed by atoms with Gasteiger partial charge in [0.25, 0.3) is 0 Å². The summed E-state index contributed by atoms with van der Waals surface area (Å²) in [6, 6.07) is 3.81. The van der Waals surface area contributed by atoms with E-state index < -0.39 is 0 Å². The van der Waals surface area contributed by atoms with Gasteiger partial charge in [-0.15, -0.1) is 11.3 Å². The molecule has 3 aromatic rings. The first kappa shape index (κ1) is 14.0. The third kappa shape index (κ3) is 2.09. The van der Waals surface area contributed by atoms with Crippen molar-refractivity contribution in [3.63, 3.8) is 0 Å². The summed E-state index contributed by atoms with van der Waals surface area (Å²) >= 11 is 5.27. The van der Waals surface area contributed by atoms with Crippen molar-refractivity contribution in [2.75, 3.05) is 0 Å². The average molecular weight is 376 g/mol. The number of fused-ring (bicyclic) bond motifs is 3. The SMILES string of the molecule is Cc1sc(Oc2cccnc2)c2c1CCc1c(Br)nn(C)c1-2. The predicted molar refractivity (Wildman–Crippen MR) is 90.7 cm³/mol. The molecule has 0 unspecified atom stereocenters. The number of hydrogen-bond donors (Lipinski definition) is 0. The number of pyridine rings is 1. The van der Waals surface area contributed by atoms with Crippen LogP contribution in [0.1, 0.15) is 16.0 Å². The van der Waals surface area contributed by atoms with Crippen molar-refractivity contribution in [3.8, 4) is 22.1 Å². The van der Waals surface area contributed by atoms with Gasteiger partial charge in [0.2, 0.25) is 0 Å². The van der Waals surface area contributed by atoms with Crippen LogP contribution in [0.5, 0.6) is 10.8 Å². The highest BCUT2D eigenvalue weighted by atomic mass is 79.9. The van der Waals surface area contributed by atoms with Gasteiger partial charge in [0.1, 0.15) is 10.4 Å². The first-order valence-electron chi connectivity index (χ1n) is 7.07. The van der Waals surface area contributed by atoms with Gasteiger partial charge in [-0.3, -0.25) is 9.67 Å². The predicted octanol–water partition coefficient (Wildman–Crippen LogP) is 4.51. The van der Waals surface area contributed by atoms with Crippen LogP contribution in [0, 0.1) is 6.92 Å². The van der Waals surface area contributed by atoms with Crippen LogP contribution >= 0.6 is 27.3 Å². The molecule has 3 heterocycles. The van der Waals surface area contributed by atoms with Crippen LogP contribution in [0.2, 0.25) is 0 Å². The zero-order valence-electron chi connectivity index (χ0n) is 12.3. The number of nitrogens with zero attached hydrogens (tertiary/aromatic N) is 3. The zero-order chi connectivity index (χ0) is 15.3.